The van der Waals surface area contributed by atoms with E-state index in [4.69, 9.17) is 0 Å². The molecule has 2 heterocycles. The van der Waals surface area contributed by atoms with Gasteiger partial charge in [-0.1, -0.05) is 0 Å². The minimum absolute atomic E-state index is 0.173. The maximum atomic E-state index is 13.2. The average Bonchev–Trinajstić information content (AvgIpc) is 3.45. The van der Waals surface area contributed by atoms with Gasteiger partial charge in [-0.2, -0.15) is 5.10 Å². The Labute approximate surface area is 136 Å². The molecule has 2 fully saturated rings. The molecule has 5 nitrogen and oxygen atoms in total. The van der Waals surface area contributed by atoms with Crippen LogP contribution in [0.4, 0.5) is 0 Å². The topological polar surface area (TPSA) is 43.1 Å². The Morgan fingerprint density at radius 3 is 2.61 bits per heavy atom. The monoisotopic (exact) mass is 312 g/mol. The lowest BCUT2D eigenvalue weighted by molar-refractivity contribution is 0.0718. The van der Waals surface area contributed by atoms with Crippen LogP contribution in [0.3, 0.4) is 0 Å². The first-order chi connectivity index (χ1) is 11.1. The normalized spacial score (nSPS) is 17.5. The molecule has 122 valence electrons. The summed E-state index contributed by atoms with van der Waals surface area (Å²) < 4.78 is 4.08. The van der Waals surface area contributed by atoms with Crippen molar-refractivity contribution in [2.24, 2.45) is 7.05 Å². The number of aryl methyl sites for hydroxylation is 2. The van der Waals surface area contributed by atoms with E-state index in [-0.39, 0.29) is 5.91 Å². The molecule has 0 atom stereocenters. The number of aromatic nitrogens is 3. The molecular weight excluding hydrogens is 288 g/mol. The molecular formula is C18H24N4O. The Balaban J connectivity index is 1.63. The summed E-state index contributed by atoms with van der Waals surface area (Å²) in [6.07, 6.45) is 6.68. The molecule has 0 saturated heterocycles. The van der Waals surface area contributed by atoms with E-state index in [1.807, 2.05) is 30.8 Å². The highest BCUT2D eigenvalue weighted by Gasteiger charge is 2.36. The molecule has 2 aliphatic rings. The van der Waals surface area contributed by atoms with Crippen molar-refractivity contribution in [2.75, 3.05) is 0 Å². The highest BCUT2D eigenvalue weighted by atomic mass is 16.2. The Kier molecular flexibility index (Phi) is 3.32. The molecule has 0 aromatic carbocycles. The van der Waals surface area contributed by atoms with Gasteiger partial charge in [0.2, 0.25) is 0 Å². The van der Waals surface area contributed by atoms with Crippen LogP contribution in [0.1, 0.15) is 59.2 Å². The van der Waals surface area contributed by atoms with E-state index in [9.17, 15) is 4.79 Å². The second-order valence-corrected chi connectivity index (χ2v) is 6.97. The van der Waals surface area contributed by atoms with Crippen LogP contribution < -0.4 is 0 Å². The van der Waals surface area contributed by atoms with Crippen molar-refractivity contribution in [3.63, 3.8) is 0 Å². The summed E-state index contributed by atoms with van der Waals surface area (Å²) in [4.78, 5) is 15.2. The van der Waals surface area contributed by atoms with E-state index in [1.54, 1.807) is 0 Å². The number of rotatable bonds is 5. The zero-order chi connectivity index (χ0) is 16.1. The first-order valence-corrected chi connectivity index (χ1v) is 8.53. The van der Waals surface area contributed by atoms with Gasteiger partial charge in [0.15, 0.2) is 0 Å². The van der Waals surface area contributed by atoms with Crippen molar-refractivity contribution in [1.82, 2.24) is 19.2 Å². The first-order valence-electron chi connectivity index (χ1n) is 8.53. The molecule has 0 bridgehead atoms. The number of hydrogen-bond donors (Lipinski definition) is 0. The van der Waals surface area contributed by atoms with E-state index < -0.39 is 0 Å². The van der Waals surface area contributed by atoms with Crippen LogP contribution in [-0.2, 0) is 13.6 Å². The van der Waals surface area contributed by atoms with Crippen LogP contribution in [0.5, 0.6) is 0 Å². The maximum Gasteiger partial charge on any atom is 0.271 e. The lowest BCUT2D eigenvalue weighted by Crippen LogP contribution is -2.34. The predicted octanol–water partition coefficient (Wildman–Crippen LogP) is 2.98. The largest absolute Gasteiger partial charge is 0.340 e. The smallest absolute Gasteiger partial charge is 0.271 e. The van der Waals surface area contributed by atoms with E-state index in [0.717, 1.165) is 29.9 Å². The number of carbonyl (C=O) groups excluding carboxylic acids is 1. The van der Waals surface area contributed by atoms with Crippen LogP contribution in [0.2, 0.25) is 0 Å². The number of hydrogen-bond acceptors (Lipinski definition) is 2. The van der Waals surface area contributed by atoms with Crippen molar-refractivity contribution in [3.05, 3.63) is 41.0 Å². The minimum atomic E-state index is 0.173. The van der Waals surface area contributed by atoms with Crippen molar-refractivity contribution in [3.8, 4) is 0 Å². The van der Waals surface area contributed by atoms with Gasteiger partial charge >= 0.3 is 0 Å². The van der Waals surface area contributed by atoms with Gasteiger partial charge < -0.3 is 9.47 Å². The predicted molar refractivity (Wildman–Crippen MR) is 88.3 cm³/mol. The fourth-order valence-electron chi connectivity index (χ4n) is 3.36. The number of nitrogens with zero attached hydrogens (tertiary/aromatic N) is 4. The van der Waals surface area contributed by atoms with Crippen molar-refractivity contribution < 1.29 is 4.79 Å². The number of carbonyl (C=O) groups is 1. The molecule has 2 aliphatic carbocycles. The van der Waals surface area contributed by atoms with Crippen LogP contribution in [0, 0.1) is 13.8 Å². The highest BCUT2D eigenvalue weighted by molar-refractivity contribution is 5.93. The molecule has 0 aliphatic heterocycles. The van der Waals surface area contributed by atoms with Gasteiger partial charge in [-0.15, -0.1) is 0 Å². The SMILES string of the molecule is Cc1nn(C)c(C)c1CN(C(=O)c1cccn1C1CC1)C1CC1. The Hall–Kier alpha value is -2.04. The van der Waals surface area contributed by atoms with E-state index in [0.29, 0.717) is 18.6 Å². The third-order valence-corrected chi connectivity index (χ3v) is 5.17. The fourth-order valence-corrected chi connectivity index (χ4v) is 3.36. The lowest BCUT2D eigenvalue weighted by atomic mass is 10.1. The summed E-state index contributed by atoms with van der Waals surface area (Å²) >= 11 is 0. The summed E-state index contributed by atoms with van der Waals surface area (Å²) in [6.45, 7) is 4.79. The van der Waals surface area contributed by atoms with E-state index in [1.165, 1.54) is 18.4 Å². The van der Waals surface area contributed by atoms with Gasteiger partial charge in [0.1, 0.15) is 5.69 Å². The van der Waals surface area contributed by atoms with E-state index in [2.05, 4.69) is 27.7 Å². The third-order valence-electron chi connectivity index (χ3n) is 5.17. The standard InChI is InChI=1S/C18H24N4O/c1-12-16(13(2)20(3)19-12)11-22(15-8-9-15)18(23)17-5-4-10-21(17)14-6-7-14/h4-5,10,14-15H,6-9,11H2,1-3H3. The quantitative estimate of drug-likeness (QED) is 0.852. The third kappa shape index (κ3) is 2.58. The van der Waals surface area contributed by atoms with Gasteiger partial charge in [-0.3, -0.25) is 9.48 Å². The first kappa shape index (κ1) is 14.5. The zero-order valence-corrected chi connectivity index (χ0v) is 14.1. The van der Waals surface area contributed by atoms with Crippen LogP contribution in [0.15, 0.2) is 18.3 Å². The summed E-state index contributed by atoms with van der Waals surface area (Å²) in [7, 11) is 1.97. The molecule has 1 amide bonds. The molecule has 0 unspecified atom stereocenters. The van der Waals surface area contributed by atoms with Gasteiger partial charge in [0.25, 0.3) is 5.91 Å². The second-order valence-electron chi connectivity index (χ2n) is 6.97. The molecule has 0 spiro atoms. The summed E-state index contributed by atoms with van der Waals surface area (Å²) in [5.41, 5.74) is 4.22. The summed E-state index contributed by atoms with van der Waals surface area (Å²) in [5, 5.41) is 4.49. The Morgan fingerprint density at radius 1 is 1.30 bits per heavy atom. The van der Waals surface area contributed by atoms with Crippen LogP contribution in [0.25, 0.3) is 0 Å². The fraction of sp³-hybridized carbons (Fsp3) is 0.556. The molecule has 23 heavy (non-hydrogen) atoms. The van der Waals surface area contributed by atoms with Crippen molar-refractivity contribution in [1.29, 1.82) is 0 Å². The molecule has 2 aromatic rings. The van der Waals surface area contributed by atoms with Gasteiger partial charge in [0, 0.05) is 43.1 Å². The minimum Gasteiger partial charge on any atom is -0.340 e. The molecule has 2 aromatic heterocycles. The molecule has 2 saturated carbocycles. The lowest BCUT2D eigenvalue weighted by Gasteiger charge is -2.23. The Morgan fingerprint density at radius 2 is 2.04 bits per heavy atom. The van der Waals surface area contributed by atoms with Crippen LogP contribution >= 0.6 is 0 Å². The summed E-state index contributed by atoms with van der Waals surface area (Å²) in [6, 6.07) is 4.90. The average molecular weight is 312 g/mol. The van der Waals surface area contributed by atoms with Crippen LogP contribution in [-0.4, -0.2) is 31.2 Å². The molecule has 0 radical (unpaired) electrons. The second kappa shape index (κ2) is 5.25. The van der Waals surface area contributed by atoms with Crippen molar-refractivity contribution >= 4 is 5.91 Å². The molecule has 0 N–H and O–H groups in total. The van der Waals surface area contributed by atoms with Gasteiger partial charge in [-0.25, -0.2) is 0 Å². The number of amides is 1. The molecule has 4 rings (SSSR count). The van der Waals surface area contributed by atoms with Gasteiger partial charge in [-0.05, 0) is 51.7 Å². The van der Waals surface area contributed by atoms with Crippen molar-refractivity contribution in [2.45, 2.75) is 58.2 Å². The van der Waals surface area contributed by atoms with Gasteiger partial charge in [0.05, 0.1) is 5.69 Å². The highest BCUT2D eigenvalue weighted by Crippen LogP contribution is 2.37. The zero-order valence-electron chi connectivity index (χ0n) is 14.1. The Bertz CT molecular complexity index is 749. The molecule has 5 heteroatoms. The van der Waals surface area contributed by atoms with E-state index >= 15 is 0 Å². The summed E-state index contributed by atoms with van der Waals surface area (Å²) in [5.74, 6) is 0.173. The maximum absolute atomic E-state index is 13.2.